The van der Waals surface area contributed by atoms with Crippen LogP contribution in [-0.4, -0.2) is 34.1 Å². The van der Waals surface area contributed by atoms with Gasteiger partial charge in [0.05, 0.1) is 0 Å². The molecule has 1 aromatic heterocycles. The Kier molecular flexibility index (Phi) is 3.15. The lowest BCUT2D eigenvalue weighted by Gasteiger charge is -2.07. The molecular weight excluding hydrogens is 196 g/mol. The van der Waals surface area contributed by atoms with Gasteiger partial charge in [-0.05, 0) is 5.21 Å². The summed E-state index contributed by atoms with van der Waals surface area (Å²) in [6.45, 7) is 8.52. The average molecular weight is 212 g/mol. The largest absolute Gasteiger partial charge is 0.298 e. The van der Waals surface area contributed by atoms with Gasteiger partial charge in [0.15, 0.2) is 11.2 Å². The molecule has 0 fully saturated rings. The summed E-state index contributed by atoms with van der Waals surface area (Å²) in [4.78, 5) is 12.5. The molecule has 0 atom stereocenters. The minimum Gasteiger partial charge on any atom is -0.298 e. The highest BCUT2D eigenvalue weighted by Gasteiger charge is 2.22. The lowest BCUT2D eigenvalue weighted by atomic mass is 10.3. The van der Waals surface area contributed by atoms with Gasteiger partial charge in [-0.1, -0.05) is 26.6 Å². The van der Waals surface area contributed by atoms with Crippen LogP contribution >= 0.6 is 0 Å². The number of tetrazole rings is 1. The van der Waals surface area contributed by atoms with E-state index >= 15 is 0 Å². The molecule has 0 aromatic carbocycles. The number of Topliss-reactive ketones (excluding diaryl/α,β-unsaturated/α-hetero) is 1. The first-order valence-electron chi connectivity index (χ1n) is 4.73. The maximum Gasteiger partial charge on any atom is 0.155 e. The zero-order valence-corrected chi connectivity index (χ0v) is 10.1. The molecule has 78 valence electrons. The van der Waals surface area contributed by atoms with Gasteiger partial charge in [0, 0.05) is 6.42 Å². The summed E-state index contributed by atoms with van der Waals surface area (Å²) in [6.07, 6.45) is 0.518. The number of hydrogen-bond acceptors (Lipinski definition) is 4. The Labute approximate surface area is 84.5 Å². The molecule has 1 rings (SSSR count). The van der Waals surface area contributed by atoms with Crippen LogP contribution < -0.4 is 5.45 Å². The molecule has 0 saturated heterocycles. The maximum atomic E-state index is 11.1. The highest BCUT2D eigenvalue weighted by atomic mass is 28.3. The highest BCUT2D eigenvalue weighted by molar-refractivity contribution is 6.87. The third-order valence-corrected chi connectivity index (χ3v) is 3.38. The van der Waals surface area contributed by atoms with E-state index < -0.39 is 8.07 Å². The topological polar surface area (TPSA) is 60.7 Å². The summed E-state index contributed by atoms with van der Waals surface area (Å²) < 4.78 is 0. The molecule has 1 aromatic rings. The van der Waals surface area contributed by atoms with Crippen molar-refractivity contribution >= 4 is 19.3 Å². The molecule has 0 N–H and O–H groups in total. The van der Waals surface area contributed by atoms with E-state index in [1.807, 2.05) is 6.92 Å². The molecule has 0 aliphatic rings. The van der Waals surface area contributed by atoms with Crippen molar-refractivity contribution in [2.24, 2.45) is 0 Å². The second-order valence-corrected chi connectivity index (χ2v) is 9.23. The molecule has 0 radical (unpaired) electrons. The Morgan fingerprint density at radius 3 is 2.50 bits per heavy atom. The van der Waals surface area contributed by atoms with E-state index in [0.29, 0.717) is 6.42 Å². The molecule has 0 saturated carbocycles. The molecule has 0 amide bonds. The van der Waals surface area contributed by atoms with Crippen molar-refractivity contribution in [2.75, 3.05) is 0 Å². The van der Waals surface area contributed by atoms with Crippen LogP contribution in [0, 0.1) is 0 Å². The molecular formula is C8H16N4OSi. The zero-order chi connectivity index (χ0) is 10.8. The van der Waals surface area contributed by atoms with Gasteiger partial charge >= 0.3 is 0 Å². The highest BCUT2D eigenvalue weighted by Crippen LogP contribution is 1.96. The van der Waals surface area contributed by atoms with E-state index in [2.05, 4.69) is 35.1 Å². The Balaban J connectivity index is 2.74. The van der Waals surface area contributed by atoms with Crippen LogP contribution in [0.1, 0.15) is 13.3 Å². The first kappa shape index (κ1) is 11.0. The van der Waals surface area contributed by atoms with Crippen molar-refractivity contribution in [2.45, 2.75) is 39.5 Å². The summed E-state index contributed by atoms with van der Waals surface area (Å²) in [5.74, 6) is 0.129. The average Bonchev–Trinajstić information content (AvgIpc) is 2.51. The van der Waals surface area contributed by atoms with Crippen LogP contribution in [0.15, 0.2) is 0 Å². The van der Waals surface area contributed by atoms with E-state index in [0.717, 1.165) is 5.45 Å². The fraction of sp³-hybridized carbons (Fsp3) is 0.750. The molecule has 0 aliphatic carbocycles. The molecule has 6 heteroatoms. The number of nitrogens with zero attached hydrogens (tertiary/aromatic N) is 4. The Hall–Kier alpha value is -1.04. The first-order chi connectivity index (χ1) is 6.43. The quantitative estimate of drug-likeness (QED) is 0.669. The lowest BCUT2D eigenvalue weighted by molar-refractivity contribution is -0.119. The number of aromatic nitrogens is 4. The maximum absolute atomic E-state index is 11.1. The predicted octanol–water partition coefficient (Wildman–Crippen LogP) is 0.197. The smallest absolute Gasteiger partial charge is 0.155 e. The van der Waals surface area contributed by atoms with Gasteiger partial charge in [0.25, 0.3) is 0 Å². The van der Waals surface area contributed by atoms with Crippen LogP contribution in [0.4, 0.5) is 0 Å². The summed E-state index contributed by atoms with van der Waals surface area (Å²) in [5.41, 5.74) is 0.807. The Bertz CT molecular complexity index is 328. The van der Waals surface area contributed by atoms with Gasteiger partial charge in [-0.3, -0.25) is 4.79 Å². The molecule has 0 bridgehead atoms. The SMILES string of the molecule is CCC(=O)Cn1nnc([Si](C)(C)C)n1. The summed E-state index contributed by atoms with van der Waals surface area (Å²) in [7, 11) is -1.49. The van der Waals surface area contributed by atoms with Gasteiger partial charge in [-0.25, -0.2) is 0 Å². The monoisotopic (exact) mass is 212 g/mol. The van der Waals surface area contributed by atoms with Crippen molar-refractivity contribution in [3.63, 3.8) is 0 Å². The predicted molar refractivity (Wildman–Crippen MR) is 56.1 cm³/mol. The second kappa shape index (κ2) is 3.99. The normalized spacial score (nSPS) is 11.7. The molecule has 5 nitrogen and oxygen atoms in total. The van der Waals surface area contributed by atoms with Crippen molar-refractivity contribution in [1.82, 2.24) is 20.2 Å². The van der Waals surface area contributed by atoms with Gasteiger partial charge in [-0.2, -0.15) is 4.80 Å². The number of ketones is 1. The van der Waals surface area contributed by atoms with Crippen molar-refractivity contribution < 1.29 is 4.79 Å². The van der Waals surface area contributed by atoms with Gasteiger partial charge in [0.1, 0.15) is 14.6 Å². The number of rotatable bonds is 4. The van der Waals surface area contributed by atoms with Crippen LogP contribution in [0.25, 0.3) is 0 Å². The van der Waals surface area contributed by atoms with Crippen LogP contribution in [0.5, 0.6) is 0 Å². The first-order valence-corrected chi connectivity index (χ1v) is 8.23. The summed E-state index contributed by atoms with van der Waals surface area (Å²) in [5, 5.41) is 12.0. The fourth-order valence-electron chi connectivity index (χ4n) is 0.880. The number of carbonyl (C=O) groups is 1. The van der Waals surface area contributed by atoms with Crippen molar-refractivity contribution in [3.8, 4) is 0 Å². The Morgan fingerprint density at radius 2 is 2.07 bits per heavy atom. The lowest BCUT2D eigenvalue weighted by Crippen LogP contribution is -2.41. The molecule has 0 unspecified atom stereocenters. The minimum atomic E-state index is -1.49. The molecule has 1 heterocycles. The standard InChI is InChI=1S/C8H16N4OSi/c1-5-7(13)6-12-10-8(9-11-12)14(2,3)4/h5-6H2,1-4H3. The Morgan fingerprint density at radius 1 is 1.43 bits per heavy atom. The minimum absolute atomic E-state index is 0.129. The fourth-order valence-corrected chi connectivity index (χ4v) is 1.64. The van der Waals surface area contributed by atoms with Crippen LogP contribution in [0.2, 0.25) is 19.6 Å². The second-order valence-electron chi connectivity index (χ2n) is 4.29. The molecule has 0 aliphatic heterocycles. The number of carbonyl (C=O) groups excluding carboxylic acids is 1. The van der Waals surface area contributed by atoms with Crippen LogP contribution in [-0.2, 0) is 11.3 Å². The van der Waals surface area contributed by atoms with Crippen molar-refractivity contribution in [3.05, 3.63) is 0 Å². The third kappa shape index (κ3) is 2.73. The van der Waals surface area contributed by atoms with E-state index in [1.54, 1.807) is 0 Å². The summed E-state index contributed by atoms with van der Waals surface area (Å²) in [6, 6.07) is 0. The zero-order valence-electron chi connectivity index (χ0n) is 9.11. The van der Waals surface area contributed by atoms with Crippen molar-refractivity contribution in [1.29, 1.82) is 0 Å². The van der Waals surface area contributed by atoms with E-state index in [4.69, 9.17) is 0 Å². The third-order valence-electron chi connectivity index (χ3n) is 1.84. The van der Waals surface area contributed by atoms with Gasteiger partial charge < -0.3 is 0 Å². The molecule has 14 heavy (non-hydrogen) atoms. The van der Waals surface area contributed by atoms with Crippen LogP contribution in [0.3, 0.4) is 0 Å². The number of hydrogen-bond donors (Lipinski definition) is 0. The van der Waals surface area contributed by atoms with E-state index in [-0.39, 0.29) is 12.3 Å². The van der Waals surface area contributed by atoms with E-state index in [9.17, 15) is 4.79 Å². The molecule has 0 spiro atoms. The summed E-state index contributed by atoms with van der Waals surface area (Å²) >= 11 is 0. The van der Waals surface area contributed by atoms with Gasteiger partial charge in [0.2, 0.25) is 0 Å². The van der Waals surface area contributed by atoms with Gasteiger partial charge in [-0.15, -0.1) is 10.2 Å². The van der Waals surface area contributed by atoms with E-state index in [1.165, 1.54) is 4.80 Å².